The number of nitrogens with zero attached hydrogens (tertiary/aromatic N) is 2. The number of aryl methyl sites for hydroxylation is 1. The summed E-state index contributed by atoms with van der Waals surface area (Å²) < 4.78 is 5.43. The van der Waals surface area contributed by atoms with Gasteiger partial charge in [0.15, 0.2) is 0 Å². The standard InChI is InChI=1S/C17H23N3O/c1-13-9-16(15(10-18-2)11-19-13)20(3)12-14-7-5-6-8-17(14)21-4/h5-9,11,18H,10,12H2,1-4H3. The predicted molar refractivity (Wildman–Crippen MR) is 86.8 cm³/mol. The number of rotatable bonds is 6. The van der Waals surface area contributed by atoms with Gasteiger partial charge in [-0.05, 0) is 26.1 Å². The molecule has 0 bridgehead atoms. The van der Waals surface area contributed by atoms with Gasteiger partial charge in [0.25, 0.3) is 0 Å². The highest BCUT2D eigenvalue weighted by atomic mass is 16.5. The molecule has 0 amide bonds. The van der Waals surface area contributed by atoms with Crippen LogP contribution in [0.4, 0.5) is 5.69 Å². The molecule has 1 N–H and O–H groups in total. The first-order valence-electron chi connectivity index (χ1n) is 7.09. The van der Waals surface area contributed by atoms with Gasteiger partial charge >= 0.3 is 0 Å². The van der Waals surface area contributed by atoms with E-state index in [0.29, 0.717) is 0 Å². The predicted octanol–water partition coefficient (Wildman–Crippen LogP) is 2.75. The van der Waals surface area contributed by atoms with Crippen LogP contribution in [-0.4, -0.2) is 26.2 Å². The molecule has 2 rings (SSSR count). The Bertz CT molecular complexity index is 598. The van der Waals surface area contributed by atoms with Crippen LogP contribution in [-0.2, 0) is 13.1 Å². The molecule has 0 saturated carbocycles. The van der Waals surface area contributed by atoms with Gasteiger partial charge in [-0.2, -0.15) is 0 Å². The van der Waals surface area contributed by atoms with Crippen LogP contribution < -0.4 is 15.0 Å². The zero-order valence-electron chi connectivity index (χ0n) is 13.2. The minimum absolute atomic E-state index is 0.796. The lowest BCUT2D eigenvalue weighted by molar-refractivity contribution is 0.409. The van der Waals surface area contributed by atoms with Crippen molar-refractivity contribution in [3.05, 3.63) is 53.3 Å². The third-order valence-corrected chi connectivity index (χ3v) is 3.48. The average molecular weight is 285 g/mol. The topological polar surface area (TPSA) is 37.4 Å². The van der Waals surface area contributed by atoms with E-state index in [0.717, 1.165) is 24.5 Å². The number of benzene rings is 1. The first-order valence-corrected chi connectivity index (χ1v) is 7.09. The average Bonchev–Trinajstić information content (AvgIpc) is 2.49. The van der Waals surface area contributed by atoms with Crippen molar-refractivity contribution < 1.29 is 4.74 Å². The molecule has 112 valence electrons. The van der Waals surface area contributed by atoms with Crippen LogP contribution in [0.1, 0.15) is 16.8 Å². The van der Waals surface area contributed by atoms with Crippen molar-refractivity contribution in [2.24, 2.45) is 0 Å². The molecule has 0 unspecified atom stereocenters. The first-order chi connectivity index (χ1) is 10.2. The quantitative estimate of drug-likeness (QED) is 0.885. The summed E-state index contributed by atoms with van der Waals surface area (Å²) in [4.78, 5) is 6.63. The molecule has 4 nitrogen and oxygen atoms in total. The fourth-order valence-corrected chi connectivity index (χ4v) is 2.43. The third-order valence-electron chi connectivity index (χ3n) is 3.48. The molecule has 0 atom stereocenters. The van der Waals surface area contributed by atoms with Gasteiger partial charge in [-0.3, -0.25) is 4.98 Å². The Morgan fingerprint density at radius 2 is 2.00 bits per heavy atom. The summed E-state index contributed by atoms with van der Waals surface area (Å²) >= 11 is 0. The summed E-state index contributed by atoms with van der Waals surface area (Å²) in [6.45, 7) is 3.62. The van der Waals surface area contributed by atoms with Crippen molar-refractivity contribution in [2.75, 3.05) is 26.1 Å². The van der Waals surface area contributed by atoms with Crippen LogP contribution >= 0.6 is 0 Å². The fourth-order valence-electron chi connectivity index (χ4n) is 2.43. The van der Waals surface area contributed by atoms with Gasteiger partial charge in [0.2, 0.25) is 0 Å². The summed E-state index contributed by atoms with van der Waals surface area (Å²) in [5, 5.41) is 3.19. The lowest BCUT2D eigenvalue weighted by Gasteiger charge is -2.23. The van der Waals surface area contributed by atoms with E-state index in [2.05, 4.69) is 34.4 Å². The van der Waals surface area contributed by atoms with Crippen LogP contribution in [0.25, 0.3) is 0 Å². The maximum atomic E-state index is 5.43. The van der Waals surface area contributed by atoms with Crippen molar-refractivity contribution >= 4 is 5.69 Å². The Kier molecular flexibility index (Phi) is 5.17. The molecule has 1 aromatic heterocycles. The maximum Gasteiger partial charge on any atom is 0.123 e. The number of ether oxygens (including phenoxy) is 1. The Balaban J connectivity index is 2.27. The Morgan fingerprint density at radius 3 is 2.71 bits per heavy atom. The van der Waals surface area contributed by atoms with E-state index in [4.69, 9.17) is 4.74 Å². The molecule has 0 aliphatic rings. The Labute approximate surface area is 126 Å². The second-order valence-electron chi connectivity index (χ2n) is 5.15. The molecule has 1 aromatic carbocycles. The molecule has 2 aromatic rings. The van der Waals surface area contributed by atoms with Gasteiger partial charge in [0.1, 0.15) is 5.75 Å². The van der Waals surface area contributed by atoms with Crippen molar-refractivity contribution in [3.63, 3.8) is 0 Å². The van der Waals surface area contributed by atoms with Crippen molar-refractivity contribution in [2.45, 2.75) is 20.0 Å². The third kappa shape index (κ3) is 3.73. The normalized spacial score (nSPS) is 10.5. The van der Waals surface area contributed by atoms with Crippen molar-refractivity contribution in [1.82, 2.24) is 10.3 Å². The number of nitrogens with one attached hydrogen (secondary N) is 1. The van der Waals surface area contributed by atoms with Gasteiger partial charge in [-0.1, -0.05) is 18.2 Å². The van der Waals surface area contributed by atoms with Crippen LogP contribution in [0, 0.1) is 6.92 Å². The van der Waals surface area contributed by atoms with Gasteiger partial charge in [0, 0.05) is 48.8 Å². The van der Waals surface area contributed by atoms with E-state index in [1.165, 1.54) is 16.8 Å². The van der Waals surface area contributed by atoms with E-state index in [1.54, 1.807) is 7.11 Å². The molecule has 0 aliphatic heterocycles. The highest BCUT2D eigenvalue weighted by Crippen LogP contribution is 2.25. The summed E-state index contributed by atoms with van der Waals surface area (Å²) in [6, 6.07) is 10.3. The molecule has 0 aliphatic carbocycles. The molecule has 4 heteroatoms. The lowest BCUT2D eigenvalue weighted by Crippen LogP contribution is -2.20. The zero-order chi connectivity index (χ0) is 15.2. The van der Waals surface area contributed by atoms with E-state index < -0.39 is 0 Å². The number of para-hydroxylation sites is 1. The van der Waals surface area contributed by atoms with E-state index in [9.17, 15) is 0 Å². The summed E-state index contributed by atoms with van der Waals surface area (Å²) in [5.74, 6) is 0.922. The highest BCUT2D eigenvalue weighted by molar-refractivity contribution is 5.54. The first kappa shape index (κ1) is 15.3. The van der Waals surface area contributed by atoms with E-state index in [1.807, 2.05) is 38.4 Å². The monoisotopic (exact) mass is 285 g/mol. The summed E-state index contributed by atoms with van der Waals surface area (Å²) in [7, 11) is 5.76. The Hall–Kier alpha value is -2.07. The summed E-state index contributed by atoms with van der Waals surface area (Å²) in [6.07, 6.45) is 1.94. The fraction of sp³-hybridized carbons (Fsp3) is 0.353. The molecular weight excluding hydrogens is 262 g/mol. The summed E-state index contributed by atoms with van der Waals surface area (Å²) in [5.41, 5.74) is 4.59. The molecule has 1 heterocycles. The number of pyridine rings is 1. The second kappa shape index (κ2) is 7.09. The molecule has 0 spiro atoms. The molecule has 21 heavy (non-hydrogen) atoms. The number of hydrogen-bond donors (Lipinski definition) is 1. The van der Waals surface area contributed by atoms with E-state index >= 15 is 0 Å². The smallest absolute Gasteiger partial charge is 0.123 e. The van der Waals surface area contributed by atoms with Crippen LogP contribution in [0.3, 0.4) is 0 Å². The van der Waals surface area contributed by atoms with Gasteiger partial charge in [0.05, 0.1) is 7.11 Å². The highest BCUT2D eigenvalue weighted by Gasteiger charge is 2.11. The Morgan fingerprint density at radius 1 is 1.24 bits per heavy atom. The number of anilines is 1. The lowest BCUT2D eigenvalue weighted by atomic mass is 10.1. The van der Waals surface area contributed by atoms with E-state index in [-0.39, 0.29) is 0 Å². The zero-order valence-corrected chi connectivity index (χ0v) is 13.2. The molecule has 0 saturated heterocycles. The molecule has 0 fully saturated rings. The van der Waals surface area contributed by atoms with Crippen molar-refractivity contribution in [3.8, 4) is 5.75 Å². The number of aromatic nitrogens is 1. The van der Waals surface area contributed by atoms with Gasteiger partial charge in [-0.25, -0.2) is 0 Å². The van der Waals surface area contributed by atoms with Crippen LogP contribution in [0.2, 0.25) is 0 Å². The number of hydrogen-bond acceptors (Lipinski definition) is 4. The number of methoxy groups -OCH3 is 1. The maximum absolute atomic E-state index is 5.43. The minimum atomic E-state index is 0.796. The minimum Gasteiger partial charge on any atom is -0.496 e. The van der Waals surface area contributed by atoms with Gasteiger partial charge in [-0.15, -0.1) is 0 Å². The largest absolute Gasteiger partial charge is 0.496 e. The molecular formula is C17H23N3O. The SMILES string of the molecule is CNCc1cnc(C)cc1N(C)Cc1ccccc1OC. The van der Waals surface area contributed by atoms with Gasteiger partial charge < -0.3 is 15.0 Å². The second-order valence-corrected chi connectivity index (χ2v) is 5.15. The van der Waals surface area contributed by atoms with Crippen LogP contribution in [0.5, 0.6) is 5.75 Å². The van der Waals surface area contributed by atoms with Crippen molar-refractivity contribution in [1.29, 1.82) is 0 Å². The van der Waals surface area contributed by atoms with Crippen LogP contribution in [0.15, 0.2) is 36.5 Å². The molecule has 0 radical (unpaired) electrons.